The fourth-order valence-corrected chi connectivity index (χ4v) is 2.89. The van der Waals surface area contributed by atoms with Crippen molar-refractivity contribution in [2.75, 3.05) is 44.4 Å². The number of hydrogen-bond acceptors (Lipinski definition) is 4. The molecule has 0 bridgehead atoms. The zero-order valence-electron chi connectivity index (χ0n) is 13.4. The van der Waals surface area contributed by atoms with Gasteiger partial charge in [0.1, 0.15) is 0 Å². The summed E-state index contributed by atoms with van der Waals surface area (Å²) in [4.78, 5) is 4.44. The Morgan fingerprint density at radius 1 is 1.48 bits per heavy atom. The van der Waals surface area contributed by atoms with Crippen LogP contribution in [0.25, 0.3) is 0 Å². The van der Waals surface area contributed by atoms with Gasteiger partial charge in [0, 0.05) is 32.3 Å². The number of anilines is 2. The molecule has 1 saturated heterocycles. The van der Waals surface area contributed by atoms with Crippen LogP contribution in [-0.2, 0) is 0 Å². The molecule has 1 aliphatic rings. The number of nitrogen functional groups attached to an aromatic ring is 1. The minimum atomic E-state index is -0.404. The van der Waals surface area contributed by atoms with Crippen LogP contribution < -0.4 is 15.4 Å². The molecule has 2 rings (SSSR count). The van der Waals surface area contributed by atoms with Gasteiger partial charge in [0.05, 0.1) is 17.5 Å². The summed E-state index contributed by atoms with van der Waals surface area (Å²) < 4.78 is 19.4. The van der Waals surface area contributed by atoms with E-state index in [-0.39, 0.29) is 11.9 Å². The molecule has 21 heavy (non-hydrogen) atoms. The molecule has 1 aromatic carbocycles. The van der Waals surface area contributed by atoms with Crippen molar-refractivity contribution in [1.29, 1.82) is 0 Å². The summed E-state index contributed by atoms with van der Waals surface area (Å²) in [6.45, 7) is 6.92. The Hall–Kier alpha value is -1.49. The first kappa shape index (κ1) is 15.9. The first-order valence-corrected chi connectivity index (χ1v) is 7.52. The molecular weight excluding hydrogens is 269 g/mol. The minimum absolute atomic E-state index is 0.0650. The molecule has 1 fully saturated rings. The highest BCUT2D eigenvalue weighted by Gasteiger charge is 2.22. The minimum Gasteiger partial charge on any atom is -0.488 e. The van der Waals surface area contributed by atoms with E-state index >= 15 is 0 Å². The summed E-state index contributed by atoms with van der Waals surface area (Å²) in [7, 11) is 4.14. The second-order valence-corrected chi connectivity index (χ2v) is 6.31. The molecule has 0 saturated carbocycles. The lowest BCUT2D eigenvalue weighted by atomic mass is 10.1. The maximum absolute atomic E-state index is 13.9. The number of nitrogens with zero attached hydrogens (tertiary/aromatic N) is 2. The number of hydrogen-bond donors (Lipinski definition) is 1. The van der Waals surface area contributed by atoms with Crippen molar-refractivity contribution in [1.82, 2.24) is 4.90 Å². The van der Waals surface area contributed by atoms with Crippen LogP contribution in [0.15, 0.2) is 12.1 Å². The third-order valence-corrected chi connectivity index (χ3v) is 3.88. The maximum Gasteiger partial charge on any atom is 0.167 e. The van der Waals surface area contributed by atoms with E-state index in [1.807, 2.05) is 20.9 Å². The molecule has 0 radical (unpaired) electrons. The Labute approximate surface area is 126 Å². The van der Waals surface area contributed by atoms with E-state index in [2.05, 4.69) is 16.8 Å². The van der Waals surface area contributed by atoms with Crippen molar-refractivity contribution in [2.24, 2.45) is 5.92 Å². The van der Waals surface area contributed by atoms with Crippen LogP contribution in [-0.4, -0.2) is 44.7 Å². The zero-order valence-corrected chi connectivity index (χ0v) is 13.4. The van der Waals surface area contributed by atoms with Gasteiger partial charge in [-0.3, -0.25) is 0 Å². The van der Waals surface area contributed by atoms with E-state index in [0.29, 0.717) is 11.6 Å². The average Bonchev–Trinajstić information content (AvgIpc) is 2.77. The molecular formula is C16H26FN3O. The number of likely N-dealkylation sites (tertiary alicyclic amines) is 1. The molecule has 0 aliphatic carbocycles. The second kappa shape index (κ2) is 6.52. The van der Waals surface area contributed by atoms with Gasteiger partial charge in [-0.1, -0.05) is 0 Å². The van der Waals surface area contributed by atoms with Crippen LogP contribution in [0.1, 0.15) is 20.3 Å². The van der Waals surface area contributed by atoms with Gasteiger partial charge < -0.3 is 20.3 Å². The van der Waals surface area contributed by atoms with Crippen LogP contribution in [0.2, 0.25) is 0 Å². The fraction of sp³-hybridized carbons (Fsp3) is 0.625. The van der Waals surface area contributed by atoms with Crippen LogP contribution >= 0.6 is 0 Å². The van der Waals surface area contributed by atoms with Crippen molar-refractivity contribution in [3.63, 3.8) is 0 Å². The molecule has 1 aliphatic heterocycles. The number of halogens is 1. The summed E-state index contributed by atoms with van der Waals surface area (Å²) >= 11 is 0. The lowest BCUT2D eigenvalue weighted by Gasteiger charge is -2.25. The first-order valence-electron chi connectivity index (χ1n) is 7.52. The van der Waals surface area contributed by atoms with Crippen molar-refractivity contribution in [3.8, 4) is 5.75 Å². The molecule has 5 heteroatoms. The predicted molar refractivity (Wildman–Crippen MR) is 85.5 cm³/mol. The Balaban J connectivity index is 2.13. The number of benzene rings is 1. The number of rotatable bonds is 5. The van der Waals surface area contributed by atoms with E-state index < -0.39 is 5.82 Å². The normalized spacial score (nSPS) is 19.2. The van der Waals surface area contributed by atoms with Crippen molar-refractivity contribution in [2.45, 2.75) is 26.4 Å². The SMILES string of the molecule is CC(C)Oc1cc(N(C)CC2CCN(C)C2)c(N)cc1F. The maximum atomic E-state index is 13.9. The lowest BCUT2D eigenvalue weighted by molar-refractivity contribution is 0.231. The standard InChI is InChI=1S/C16H26FN3O/c1-11(2)21-16-8-15(14(18)7-13(16)17)20(4)10-12-5-6-19(3)9-12/h7-8,11-12H,5-6,9-10,18H2,1-4H3. The topological polar surface area (TPSA) is 41.7 Å². The third-order valence-electron chi connectivity index (χ3n) is 3.88. The van der Waals surface area contributed by atoms with Gasteiger partial charge in [0.2, 0.25) is 0 Å². The predicted octanol–water partition coefficient (Wildman–Crippen LogP) is 2.58. The highest BCUT2D eigenvalue weighted by Crippen LogP contribution is 2.32. The largest absolute Gasteiger partial charge is 0.488 e. The molecule has 4 nitrogen and oxygen atoms in total. The van der Waals surface area contributed by atoms with Gasteiger partial charge in [-0.15, -0.1) is 0 Å². The summed E-state index contributed by atoms with van der Waals surface area (Å²) in [5.74, 6) is 0.488. The average molecular weight is 295 g/mol. The third kappa shape index (κ3) is 4.00. The Morgan fingerprint density at radius 2 is 2.19 bits per heavy atom. The second-order valence-electron chi connectivity index (χ2n) is 6.31. The summed E-state index contributed by atoms with van der Waals surface area (Å²) in [6.07, 6.45) is 1.13. The van der Waals surface area contributed by atoms with Gasteiger partial charge in [-0.2, -0.15) is 0 Å². The Bertz CT molecular complexity index is 493. The Kier molecular flexibility index (Phi) is 4.93. The molecule has 0 amide bonds. The Morgan fingerprint density at radius 3 is 2.76 bits per heavy atom. The lowest BCUT2D eigenvalue weighted by Crippen LogP contribution is -2.28. The van der Waals surface area contributed by atoms with Gasteiger partial charge >= 0.3 is 0 Å². The van der Waals surface area contributed by atoms with E-state index in [4.69, 9.17) is 10.5 Å². The molecule has 2 N–H and O–H groups in total. The van der Waals surface area contributed by atoms with Crippen molar-refractivity contribution < 1.29 is 9.13 Å². The van der Waals surface area contributed by atoms with Crippen LogP contribution in [0, 0.1) is 11.7 Å². The first-order chi connectivity index (χ1) is 9.86. The van der Waals surface area contributed by atoms with E-state index in [0.717, 1.165) is 25.3 Å². The zero-order chi connectivity index (χ0) is 15.6. The van der Waals surface area contributed by atoms with Crippen LogP contribution in [0.3, 0.4) is 0 Å². The smallest absolute Gasteiger partial charge is 0.167 e. The van der Waals surface area contributed by atoms with Gasteiger partial charge in [0.15, 0.2) is 11.6 Å². The summed E-state index contributed by atoms with van der Waals surface area (Å²) in [6, 6.07) is 3.06. The molecule has 118 valence electrons. The molecule has 0 aromatic heterocycles. The van der Waals surface area contributed by atoms with Gasteiger partial charge in [-0.05, 0) is 39.8 Å². The monoisotopic (exact) mass is 295 g/mol. The highest BCUT2D eigenvalue weighted by molar-refractivity contribution is 5.69. The number of ether oxygens (including phenoxy) is 1. The van der Waals surface area contributed by atoms with E-state index in [1.165, 1.54) is 12.5 Å². The molecule has 1 heterocycles. The molecule has 1 aromatic rings. The highest BCUT2D eigenvalue weighted by atomic mass is 19.1. The van der Waals surface area contributed by atoms with Crippen molar-refractivity contribution >= 4 is 11.4 Å². The summed E-state index contributed by atoms with van der Waals surface area (Å²) in [5, 5.41) is 0. The summed E-state index contributed by atoms with van der Waals surface area (Å²) in [5.41, 5.74) is 7.27. The van der Waals surface area contributed by atoms with E-state index in [1.54, 1.807) is 6.07 Å². The quantitative estimate of drug-likeness (QED) is 0.848. The van der Waals surface area contributed by atoms with Gasteiger partial charge in [0.25, 0.3) is 0 Å². The van der Waals surface area contributed by atoms with Crippen LogP contribution in [0.5, 0.6) is 5.75 Å². The van der Waals surface area contributed by atoms with Gasteiger partial charge in [-0.25, -0.2) is 4.39 Å². The van der Waals surface area contributed by atoms with Crippen LogP contribution in [0.4, 0.5) is 15.8 Å². The molecule has 1 unspecified atom stereocenters. The van der Waals surface area contributed by atoms with E-state index in [9.17, 15) is 4.39 Å². The number of nitrogens with two attached hydrogens (primary N) is 1. The molecule has 1 atom stereocenters. The molecule has 0 spiro atoms. The van der Waals surface area contributed by atoms with Crippen molar-refractivity contribution in [3.05, 3.63) is 17.9 Å². The fourth-order valence-electron chi connectivity index (χ4n) is 2.89.